The normalized spacial score (nSPS) is 16.4. The molecule has 0 aromatic carbocycles. The highest BCUT2D eigenvalue weighted by atomic mass is 35.5. The van der Waals surface area contributed by atoms with Crippen LogP contribution in [0.25, 0.3) is 5.52 Å². The van der Waals surface area contributed by atoms with E-state index in [0.29, 0.717) is 11.1 Å². The van der Waals surface area contributed by atoms with Crippen molar-refractivity contribution in [2.45, 2.75) is 25.7 Å². The highest BCUT2D eigenvalue weighted by Gasteiger charge is 2.29. The van der Waals surface area contributed by atoms with Crippen LogP contribution < -0.4 is 0 Å². The summed E-state index contributed by atoms with van der Waals surface area (Å²) in [6.45, 7) is 2.09. The molecular formula is C11H11ClN2. The van der Waals surface area contributed by atoms with Gasteiger partial charge in [0.15, 0.2) is 5.15 Å². The maximum Gasteiger partial charge on any atom is 0.155 e. The van der Waals surface area contributed by atoms with Crippen molar-refractivity contribution < 1.29 is 0 Å². The Labute approximate surface area is 87.5 Å². The van der Waals surface area contributed by atoms with Crippen molar-refractivity contribution in [3.05, 3.63) is 34.9 Å². The average molecular weight is 207 g/mol. The van der Waals surface area contributed by atoms with Crippen LogP contribution in [0.15, 0.2) is 18.2 Å². The Balaban J connectivity index is 2.39. The van der Waals surface area contributed by atoms with E-state index < -0.39 is 0 Å². The standard InChI is InChI=1S/C11H11ClN2/c1-7-3-2-4-9-10(12)13-11(14(7)9)8-5-6-8/h2-4,8H,5-6H2,1H3. The largest absolute Gasteiger partial charge is 0.299 e. The summed E-state index contributed by atoms with van der Waals surface area (Å²) in [5.74, 6) is 1.78. The lowest BCUT2D eigenvalue weighted by Gasteiger charge is -2.02. The summed E-state index contributed by atoms with van der Waals surface area (Å²) in [5, 5.41) is 0.635. The molecule has 2 aromatic rings. The van der Waals surface area contributed by atoms with Gasteiger partial charge in [0, 0.05) is 11.6 Å². The average Bonchev–Trinajstić information content (AvgIpc) is 2.94. The first kappa shape index (κ1) is 8.30. The third kappa shape index (κ3) is 1.07. The van der Waals surface area contributed by atoms with E-state index in [1.165, 1.54) is 18.5 Å². The fourth-order valence-electron chi connectivity index (χ4n) is 1.91. The SMILES string of the molecule is Cc1cccc2c(Cl)nc(C3CC3)n12. The molecule has 0 radical (unpaired) electrons. The van der Waals surface area contributed by atoms with E-state index in [0.717, 1.165) is 11.3 Å². The second-order valence-electron chi connectivity index (χ2n) is 3.92. The first-order chi connectivity index (χ1) is 6.77. The van der Waals surface area contributed by atoms with Crippen molar-refractivity contribution in [2.75, 3.05) is 0 Å². The molecule has 72 valence electrons. The Kier molecular flexibility index (Phi) is 1.62. The fourth-order valence-corrected chi connectivity index (χ4v) is 2.14. The molecule has 2 nitrogen and oxygen atoms in total. The summed E-state index contributed by atoms with van der Waals surface area (Å²) >= 11 is 6.09. The summed E-state index contributed by atoms with van der Waals surface area (Å²) in [6, 6.07) is 6.14. The number of hydrogen-bond acceptors (Lipinski definition) is 1. The Morgan fingerprint density at radius 3 is 2.93 bits per heavy atom. The van der Waals surface area contributed by atoms with Crippen molar-refractivity contribution in [3.8, 4) is 0 Å². The lowest BCUT2D eigenvalue weighted by Crippen LogP contribution is -1.95. The van der Waals surface area contributed by atoms with Gasteiger partial charge >= 0.3 is 0 Å². The predicted octanol–water partition coefficient (Wildman–Crippen LogP) is 3.17. The number of imidazole rings is 1. The monoisotopic (exact) mass is 206 g/mol. The molecule has 2 aromatic heterocycles. The summed E-state index contributed by atoms with van der Waals surface area (Å²) in [6.07, 6.45) is 2.51. The zero-order valence-corrected chi connectivity index (χ0v) is 8.75. The summed E-state index contributed by atoms with van der Waals surface area (Å²) in [5.41, 5.74) is 2.25. The van der Waals surface area contributed by atoms with Crippen LogP contribution in [0, 0.1) is 6.92 Å². The summed E-state index contributed by atoms with van der Waals surface area (Å²) in [7, 11) is 0. The maximum absolute atomic E-state index is 6.09. The van der Waals surface area contributed by atoms with Gasteiger partial charge in [-0.25, -0.2) is 4.98 Å². The van der Waals surface area contributed by atoms with Gasteiger partial charge < -0.3 is 0 Å². The first-order valence-corrected chi connectivity index (χ1v) is 5.28. The molecule has 0 spiro atoms. The van der Waals surface area contributed by atoms with Crippen molar-refractivity contribution in [1.29, 1.82) is 0 Å². The number of aromatic nitrogens is 2. The van der Waals surface area contributed by atoms with Gasteiger partial charge in [0.2, 0.25) is 0 Å². The minimum Gasteiger partial charge on any atom is -0.299 e. The van der Waals surface area contributed by atoms with Crippen LogP contribution in [0.5, 0.6) is 0 Å². The summed E-state index contributed by atoms with van der Waals surface area (Å²) in [4.78, 5) is 4.44. The molecule has 0 N–H and O–H groups in total. The molecule has 2 heterocycles. The number of pyridine rings is 1. The van der Waals surface area contributed by atoms with Crippen molar-refractivity contribution >= 4 is 17.1 Å². The number of halogens is 1. The van der Waals surface area contributed by atoms with Gasteiger partial charge in [0.1, 0.15) is 5.82 Å². The molecule has 1 aliphatic carbocycles. The second kappa shape index (κ2) is 2.74. The van der Waals surface area contributed by atoms with Crippen LogP contribution in [0.3, 0.4) is 0 Å². The predicted molar refractivity (Wildman–Crippen MR) is 56.9 cm³/mol. The third-order valence-corrected chi connectivity index (χ3v) is 3.06. The molecule has 0 atom stereocenters. The highest BCUT2D eigenvalue weighted by molar-refractivity contribution is 6.32. The van der Waals surface area contributed by atoms with Crippen LogP contribution in [0.4, 0.5) is 0 Å². The Bertz CT molecular complexity index is 497. The van der Waals surface area contributed by atoms with Crippen LogP contribution >= 0.6 is 11.6 Å². The van der Waals surface area contributed by atoms with E-state index in [-0.39, 0.29) is 0 Å². The molecule has 14 heavy (non-hydrogen) atoms. The molecule has 0 amide bonds. The lowest BCUT2D eigenvalue weighted by molar-refractivity contribution is 0.897. The molecule has 0 unspecified atom stereocenters. The number of rotatable bonds is 1. The zero-order chi connectivity index (χ0) is 9.71. The Hall–Kier alpha value is -1.02. The Morgan fingerprint density at radius 2 is 2.21 bits per heavy atom. The minimum atomic E-state index is 0.635. The first-order valence-electron chi connectivity index (χ1n) is 4.91. The fraction of sp³-hybridized carbons (Fsp3) is 0.364. The van der Waals surface area contributed by atoms with E-state index in [1.54, 1.807) is 0 Å². The van der Waals surface area contributed by atoms with Gasteiger partial charge in [0.05, 0.1) is 5.52 Å². The second-order valence-corrected chi connectivity index (χ2v) is 4.28. The van der Waals surface area contributed by atoms with Gasteiger partial charge in [-0.1, -0.05) is 17.7 Å². The van der Waals surface area contributed by atoms with Crippen LogP contribution in [0.2, 0.25) is 5.15 Å². The molecule has 1 fully saturated rings. The molecule has 1 aliphatic rings. The summed E-state index contributed by atoms with van der Waals surface area (Å²) < 4.78 is 2.18. The van der Waals surface area contributed by atoms with Gasteiger partial charge in [-0.15, -0.1) is 0 Å². The van der Waals surface area contributed by atoms with E-state index in [2.05, 4.69) is 22.4 Å². The van der Waals surface area contributed by atoms with E-state index in [1.807, 2.05) is 12.1 Å². The highest BCUT2D eigenvalue weighted by Crippen LogP contribution is 2.40. The lowest BCUT2D eigenvalue weighted by atomic mass is 10.3. The number of aryl methyl sites for hydroxylation is 1. The number of fused-ring (bicyclic) bond motifs is 1. The smallest absolute Gasteiger partial charge is 0.155 e. The quantitative estimate of drug-likeness (QED) is 0.701. The molecule has 0 aliphatic heterocycles. The zero-order valence-electron chi connectivity index (χ0n) is 8.00. The maximum atomic E-state index is 6.09. The van der Waals surface area contributed by atoms with E-state index in [9.17, 15) is 0 Å². The van der Waals surface area contributed by atoms with E-state index in [4.69, 9.17) is 11.6 Å². The molecule has 0 saturated heterocycles. The molecule has 3 rings (SSSR count). The molecule has 1 saturated carbocycles. The van der Waals surface area contributed by atoms with Crippen molar-refractivity contribution in [2.24, 2.45) is 0 Å². The van der Waals surface area contributed by atoms with Gasteiger partial charge in [-0.05, 0) is 31.9 Å². The molecule has 3 heteroatoms. The Morgan fingerprint density at radius 1 is 1.43 bits per heavy atom. The van der Waals surface area contributed by atoms with Gasteiger partial charge in [-0.3, -0.25) is 4.40 Å². The van der Waals surface area contributed by atoms with Crippen LogP contribution in [-0.4, -0.2) is 9.38 Å². The van der Waals surface area contributed by atoms with Crippen LogP contribution in [0.1, 0.15) is 30.3 Å². The van der Waals surface area contributed by atoms with Gasteiger partial charge in [-0.2, -0.15) is 0 Å². The van der Waals surface area contributed by atoms with Crippen LogP contribution in [-0.2, 0) is 0 Å². The molecular weight excluding hydrogens is 196 g/mol. The third-order valence-electron chi connectivity index (χ3n) is 2.78. The van der Waals surface area contributed by atoms with Gasteiger partial charge in [0.25, 0.3) is 0 Å². The van der Waals surface area contributed by atoms with E-state index >= 15 is 0 Å². The minimum absolute atomic E-state index is 0.635. The molecule has 0 bridgehead atoms. The number of hydrogen-bond donors (Lipinski definition) is 0. The van der Waals surface area contributed by atoms with Crippen molar-refractivity contribution in [3.63, 3.8) is 0 Å². The number of nitrogens with zero attached hydrogens (tertiary/aromatic N) is 2. The van der Waals surface area contributed by atoms with Crippen molar-refractivity contribution in [1.82, 2.24) is 9.38 Å². The topological polar surface area (TPSA) is 17.3 Å².